The maximum atomic E-state index is 12.2. The van der Waals surface area contributed by atoms with Gasteiger partial charge in [-0.2, -0.15) is 0 Å². The predicted molar refractivity (Wildman–Crippen MR) is 70.0 cm³/mol. The lowest BCUT2D eigenvalue weighted by atomic mass is 10.2. The van der Waals surface area contributed by atoms with Crippen LogP contribution in [-0.4, -0.2) is 35.2 Å². The first-order valence-electron chi connectivity index (χ1n) is 5.35. The lowest BCUT2D eigenvalue weighted by Gasteiger charge is -2.26. The van der Waals surface area contributed by atoms with Gasteiger partial charge in [-0.1, -0.05) is 18.2 Å². The average Bonchev–Trinajstić information content (AvgIpc) is 2.55. The summed E-state index contributed by atoms with van der Waals surface area (Å²) in [6.07, 6.45) is 0. The normalized spacial score (nSPS) is 24.8. The molecule has 1 aliphatic rings. The number of aliphatic imine (C=N–C) groups is 1. The number of amides is 1. The van der Waals surface area contributed by atoms with Crippen LogP contribution >= 0.6 is 12.2 Å². The minimum absolute atomic E-state index is 0.0156. The Labute approximate surface area is 106 Å². The Balaban J connectivity index is 2.37. The van der Waals surface area contributed by atoms with Gasteiger partial charge in [0, 0.05) is 7.05 Å². The summed E-state index contributed by atoms with van der Waals surface area (Å²) in [6.45, 7) is 1.95. The molecule has 0 bridgehead atoms. The zero-order valence-corrected chi connectivity index (χ0v) is 10.5. The molecule has 1 aromatic carbocycles. The number of hydrazine groups is 1. The number of para-hydroxylation sites is 1. The molecule has 0 N–H and O–H groups in total. The van der Waals surface area contributed by atoms with Gasteiger partial charge in [-0.05, 0) is 31.3 Å². The topological polar surface area (TPSA) is 35.9 Å². The van der Waals surface area contributed by atoms with Crippen molar-refractivity contribution in [3.63, 3.8) is 0 Å². The van der Waals surface area contributed by atoms with E-state index in [1.165, 1.54) is 0 Å². The van der Waals surface area contributed by atoms with E-state index >= 15 is 0 Å². The Kier molecular flexibility index (Phi) is 3.33. The number of benzene rings is 1. The number of likely N-dealkylation sites (N-methyl/N-ethyl adjacent to an activating group) is 1. The number of isothiocyanates is 1. The van der Waals surface area contributed by atoms with Crippen LogP contribution in [0.5, 0.6) is 0 Å². The van der Waals surface area contributed by atoms with Gasteiger partial charge in [0.1, 0.15) is 0 Å². The number of carbonyl (C=O) groups excluding carboxylic acids is 1. The van der Waals surface area contributed by atoms with Crippen LogP contribution in [-0.2, 0) is 4.79 Å². The summed E-state index contributed by atoms with van der Waals surface area (Å²) in [5.74, 6) is -0.0662. The molecule has 2 atom stereocenters. The zero-order valence-electron chi connectivity index (χ0n) is 9.70. The molecular formula is C12H13N3OS. The first kappa shape index (κ1) is 11.9. The standard InChI is InChI=1S/C12H13N3OS/c1-9-11(13-8-17)12(16)15(14(9)2)10-6-4-3-5-7-10/h3-7,9,11H,1-2H3. The molecule has 1 aromatic rings. The van der Waals surface area contributed by atoms with E-state index in [4.69, 9.17) is 0 Å². The summed E-state index contributed by atoms with van der Waals surface area (Å²) in [5.41, 5.74) is 0.842. The van der Waals surface area contributed by atoms with E-state index in [-0.39, 0.29) is 11.9 Å². The van der Waals surface area contributed by atoms with Crippen molar-refractivity contribution < 1.29 is 4.79 Å². The van der Waals surface area contributed by atoms with Gasteiger partial charge in [-0.3, -0.25) is 4.79 Å². The monoisotopic (exact) mass is 247 g/mol. The van der Waals surface area contributed by atoms with Crippen LogP contribution in [0.25, 0.3) is 0 Å². The third kappa shape index (κ3) is 2.00. The van der Waals surface area contributed by atoms with E-state index in [0.717, 1.165) is 5.69 Å². The van der Waals surface area contributed by atoms with Crippen LogP contribution in [0, 0.1) is 0 Å². The summed E-state index contributed by atoms with van der Waals surface area (Å²) >= 11 is 4.58. The van der Waals surface area contributed by atoms with E-state index in [2.05, 4.69) is 22.4 Å². The van der Waals surface area contributed by atoms with Crippen molar-refractivity contribution in [1.82, 2.24) is 5.01 Å². The van der Waals surface area contributed by atoms with Gasteiger partial charge in [-0.15, -0.1) is 0 Å². The molecule has 1 saturated heterocycles. The van der Waals surface area contributed by atoms with Gasteiger partial charge in [-0.25, -0.2) is 15.0 Å². The molecule has 4 nitrogen and oxygen atoms in total. The predicted octanol–water partition coefficient (Wildman–Crippen LogP) is 1.74. The summed E-state index contributed by atoms with van der Waals surface area (Å²) in [5, 5.41) is 5.80. The maximum Gasteiger partial charge on any atom is 0.268 e. The SMILES string of the molecule is CC1C(N=C=S)C(=O)N(c2ccccc2)N1C. The highest BCUT2D eigenvalue weighted by atomic mass is 32.1. The third-order valence-corrected chi connectivity index (χ3v) is 3.12. The van der Waals surface area contributed by atoms with E-state index in [0.29, 0.717) is 0 Å². The molecule has 88 valence electrons. The minimum Gasteiger partial charge on any atom is -0.270 e. The van der Waals surface area contributed by atoms with E-state index in [1.54, 1.807) is 5.01 Å². The lowest BCUT2D eigenvalue weighted by molar-refractivity contribution is -0.118. The van der Waals surface area contributed by atoms with Crippen molar-refractivity contribution in [2.24, 2.45) is 4.99 Å². The molecular weight excluding hydrogens is 234 g/mol. The summed E-state index contributed by atoms with van der Waals surface area (Å²) in [6, 6.07) is 9.03. The van der Waals surface area contributed by atoms with Gasteiger partial charge in [0.25, 0.3) is 5.91 Å². The lowest BCUT2D eigenvalue weighted by Crippen LogP contribution is -2.38. The minimum atomic E-state index is -0.460. The molecule has 1 heterocycles. The van der Waals surface area contributed by atoms with Crippen molar-refractivity contribution >= 4 is 29.0 Å². The van der Waals surface area contributed by atoms with E-state index < -0.39 is 6.04 Å². The molecule has 17 heavy (non-hydrogen) atoms. The molecule has 0 aliphatic carbocycles. The Morgan fingerprint density at radius 1 is 1.35 bits per heavy atom. The number of hydrogen-bond donors (Lipinski definition) is 0. The molecule has 0 saturated carbocycles. The Morgan fingerprint density at radius 3 is 2.59 bits per heavy atom. The van der Waals surface area contributed by atoms with Gasteiger partial charge in [0.15, 0.2) is 6.04 Å². The first-order valence-corrected chi connectivity index (χ1v) is 5.76. The summed E-state index contributed by atoms with van der Waals surface area (Å²) in [4.78, 5) is 16.2. The molecule has 0 aromatic heterocycles. The van der Waals surface area contributed by atoms with Crippen LogP contribution in [0.15, 0.2) is 35.3 Å². The van der Waals surface area contributed by atoms with Crippen molar-refractivity contribution in [3.8, 4) is 0 Å². The Morgan fingerprint density at radius 2 is 2.00 bits per heavy atom. The zero-order chi connectivity index (χ0) is 12.4. The second kappa shape index (κ2) is 4.75. The van der Waals surface area contributed by atoms with Gasteiger partial charge < -0.3 is 0 Å². The maximum absolute atomic E-state index is 12.2. The second-order valence-electron chi connectivity index (χ2n) is 3.97. The number of thiocarbonyl (C=S) groups is 1. The first-order chi connectivity index (χ1) is 8.16. The molecule has 2 rings (SSSR count). The third-order valence-electron chi connectivity index (χ3n) is 3.02. The van der Waals surface area contributed by atoms with Crippen molar-refractivity contribution in [1.29, 1.82) is 0 Å². The molecule has 0 spiro atoms. The molecule has 0 radical (unpaired) electrons. The number of carbonyl (C=O) groups is 1. The quantitative estimate of drug-likeness (QED) is 0.590. The summed E-state index contributed by atoms with van der Waals surface area (Å²) < 4.78 is 0. The highest BCUT2D eigenvalue weighted by molar-refractivity contribution is 7.78. The van der Waals surface area contributed by atoms with Crippen LogP contribution < -0.4 is 5.01 Å². The second-order valence-corrected chi connectivity index (χ2v) is 4.15. The largest absolute Gasteiger partial charge is 0.270 e. The van der Waals surface area contributed by atoms with Crippen molar-refractivity contribution in [2.45, 2.75) is 19.0 Å². The Bertz CT molecular complexity index is 470. The summed E-state index contributed by atoms with van der Waals surface area (Å²) in [7, 11) is 1.87. The Hall–Kier alpha value is -1.55. The van der Waals surface area contributed by atoms with E-state index in [9.17, 15) is 4.79 Å². The van der Waals surface area contributed by atoms with Crippen LogP contribution in [0.2, 0.25) is 0 Å². The number of anilines is 1. The van der Waals surface area contributed by atoms with Gasteiger partial charge >= 0.3 is 0 Å². The number of rotatable bonds is 2. The highest BCUT2D eigenvalue weighted by Gasteiger charge is 2.42. The molecule has 1 fully saturated rings. The van der Waals surface area contributed by atoms with Crippen LogP contribution in [0.3, 0.4) is 0 Å². The fraction of sp³-hybridized carbons (Fsp3) is 0.333. The molecule has 2 unspecified atom stereocenters. The molecule has 5 heteroatoms. The fourth-order valence-electron chi connectivity index (χ4n) is 1.97. The highest BCUT2D eigenvalue weighted by Crippen LogP contribution is 2.26. The van der Waals surface area contributed by atoms with Gasteiger partial charge in [0.05, 0.1) is 16.9 Å². The van der Waals surface area contributed by atoms with E-state index in [1.807, 2.05) is 49.3 Å². The van der Waals surface area contributed by atoms with Gasteiger partial charge in [0.2, 0.25) is 0 Å². The smallest absolute Gasteiger partial charge is 0.268 e. The van der Waals surface area contributed by atoms with Crippen molar-refractivity contribution in [3.05, 3.63) is 30.3 Å². The van der Waals surface area contributed by atoms with Crippen LogP contribution in [0.1, 0.15) is 6.92 Å². The number of nitrogens with zero attached hydrogens (tertiary/aromatic N) is 3. The average molecular weight is 247 g/mol. The van der Waals surface area contributed by atoms with Crippen molar-refractivity contribution in [2.75, 3.05) is 12.1 Å². The molecule has 1 amide bonds. The van der Waals surface area contributed by atoms with Crippen LogP contribution in [0.4, 0.5) is 5.69 Å². The number of hydrogen-bond acceptors (Lipinski definition) is 4. The fourth-order valence-corrected chi connectivity index (χ4v) is 2.09. The molecule has 1 aliphatic heterocycles.